The first kappa shape index (κ1) is 14.0. The molecule has 2 nitrogen and oxygen atoms in total. The van der Waals surface area contributed by atoms with Gasteiger partial charge in [0.15, 0.2) is 0 Å². The molecule has 0 aromatic heterocycles. The molecule has 0 unspecified atom stereocenters. The fourth-order valence-electron chi connectivity index (χ4n) is 2.40. The third kappa shape index (κ3) is 5.86. The Morgan fingerprint density at radius 3 is 2.62 bits per heavy atom. The molecule has 1 aliphatic rings. The minimum absolute atomic E-state index is 0.574. The third-order valence-electron chi connectivity index (χ3n) is 3.64. The molecule has 0 bridgehead atoms. The fourth-order valence-corrected chi connectivity index (χ4v) is 2.40. The highest BCUT2D eigenvalue weighted by Gasteiger charge is 2.22. The molecule has 1 aliphatic heterocycles. The summed E-state index contributed by atoms with van der Waals surface area (Å²) in [4.78, 5) is 2.65. The van der Waals surface area contributed by atoms with E-state index in [-0.39, 0.29) is 0 Å². The fraction of sp³-hybridized carbons (Fsp3) is 1.00. The Morgan fingerprint density at radius 2 is 1.94 bits per heavy atom. The zero-order valence-electron chi connectivity index (χ0n) is 11.7. The van der Waals surface area contributed by atoms with Crippen molar-refractivity contribution < 1.29 is 0 Å². The molecule has 1 fully saturated rings. The summed E-state index contributed by atoms with van der Waals surface area (Å²) in [5, 5.41) is 3.49. The minimum Gasteiger partial charge on any atom is -0.314 e. The van der Waals surface area contributed by atoms with Crippen molar-refractivity contribution in [2.45, 2.75) is 59.4 Å². The van der Waals surface area contributed by atoms with Gasteiger partial charge in [-0.1, -0.05) is 27.7 Å². The van der Waals surface area contributed by atoms with Crippen LogP contribution in [0.4, 0.5) is 0 Å². The SMILES string of the molecule is CC(C)NCCCN1CCCC(C)(C)CC1. The van der Waals surface area contributed by atoms with Crippen molar-refractivity contribution in [3.05, 3.63) is 0 Å². The molecule has 0 spiro atoms. The smallest absolute Gasteiger partial charge is 0.00103 e. The van der Waals surface area contributed by atoms with Gasteiger partial charge in [-0.3, -0.25) is 0 Å². The zero-order valence-corrected chi connectivity index (χ0v) is 11.7. The summed E-state index contributed by atoms with van der Waals surface area (Å²) in [7, 11) is 0. The predicted octanol–water partition coefficient (Wildman–Crippen LogP) is 2.89. The Kier molecular flexibility index (Phi) is 5.77. The highest BCUT2D eigenvalue weighted by Crippen LogP contribution is 2.29. The molecule has 0 saturated carbocycles. The zero-order chi connectivity index (χ0) is 12.0. The molecule has 0 aromatic rings. The van der Waals surface area contributed by atoms with E-state index in [9.17, 15) is 0 Å². The highest BCUT2D eigenvalue weighted by molar-refractivity contribution is 4.76. The maximum absolute atomic E-state index is 3.49. The molecule has 1 rings (SSSR count). The van der Waals surface area contributed by atoms with Gasteiger partial charge in [0, 0.05) is 6.04 Å². The summed E-state index contributed by atoms with van der Waals surface area (Å²) in [5.41, 5.74) is 0.574. The first-order valence-corrected chi connectivity index (χ1v) is 6.95. The lowest BCUT2D eigenvalue weighted by atomic mass is 9.85. The largest absolute Gasteiger partial charge is 0.314 e. The van der Waals surface area contributed by atoms with E-state index in [2.05, 4.69) is 37.9 Å². The molecule has 0 aromatic carbocycles. The lowest BCUT2D eigenvalue weighted by molar-refractivity contribution is 0.258. The minimum atomic E-state index is 0.574. The highest BCUT2D eigenvalue weighted by atomic mass is 15.1. The van der Waals surface area contributed by atoms with E-state index in [4.69, 9.17) is 0 Å². The summed E-state index contributed by atoms with van der Waals surface area (Å²) in [6.45, 7) is 14.3. The van der Waals surface area contributed by atoms with Crippen molar-refractivity contribution in [1.29, 1.82) is 0 Å². The van der Waals surface area contributed by atoms with Crippen LogP contribution in [0.2, 0.25) is 0 Å². The quantitative estimate of drug-likeness (QED) is 0.725. The average Bonchev–Trinajstić information content (AvgIpc) is 2.34. The molecular formula is C14H30N2. The molecule has 0 radical (unpaired) electrons. The summed E-state index contributed by atoms with van der Waals surface area (Å²) >= 11 is 0. The molecule has 0 atom stereocenters. The molecule has 1 saturated heterocycles. The second-order valence-electron chi connectivity index (χ2n) is 6.32. The van der Waals surface area contributed by atoms with E-state index in [1.807, 2.05) is 0 Å². The maximum atomic E-state index is 3.49. The summed E-state index contributed by atoms with van der Waals surface area (Å²) in [6.07, 6.45) is 5.43. The third-order valence-corrected chi connectivity index (χ3v) is 3.64. The van der Waals surface area contributed by atoms with Crippen molar-refractivity contribution in [2.75, 3.05) is 26.2 Å². The van der Waals surface area contributed by atoms with Gasteiger partial charge < -0.3 is 10.2 Å². The Morgan fingerprint density at radius 1 is 1.19 bits per heavy atom. The van der Waals surface area contributed by atoms with Gasteiger partial charge in [-0.2, -0.15) is 0 Å². The van der Waals surface area contributed by atoms with E-state index in [1.54, 1.807) is 0 Å². The maximum Gasteiger partial charge on any atom is 0.00103 e. The number of rotatable bonds is 5. The van der Waals surface area contributed by atoms with Crippen molar-refractivity contribution >= 4 is 0 Å². The van der Waals surface area contributed by atoms with Crippen LogP contribution in [0.15, 0.2) is 0 Å². The van der Waals surface area contributed by atoms with Gasteiger partial charge in [-0.25, -0.2) is 0 Å². The lowest BCUT2D eigenvalue weighted by Gasteiger charge is -2.23. The Labute approximate surface area is 102 Å². The van der Waals surface area contributed by atoms with Crippen molar-refractivity contribution in [1.82, 2.24) is 10.2 Å². The van der Waals surface area contributed by atoms with E-state index in [0.717, 1.165) is 6.54 Å². The van der Waals surface area contributed by atoms with Crippen molar-refractivity contribution in [3.8, 4) is 0 Å². The number of nitrogens with one attached hydrogen (secondary N) is 1. The van der Waals surface area contributed by atoms with Crippen LogP contribution < -0.4 is 5.32 Å². The molecule has 0 aliphatic carbocycles. The van der Waals surface area contributed by atoms with Gasteiger partial charge in [0.25, 0.3) is 0 Å². The van der Waals surface area contributed by atoms with E-state index < -0.39 is 0 Å². The Bertz CT molecular complexity index is 187. The van der Waals surface area contributed by atoms with Crippen LogP contribution in [-0.2, 0) is 0 Å². The monoisotopic (exact) mass is 226 g/mol. The van der Waals surface area contributed by atoms with Gasteiger partial charge in [-0.15, -0.1) is 0 Å². The number of hydrogen-bond donors (Lipinski definition) is 1. The van der Waals surface area contributed by atoms with Gasteiger partial charge in [0.1, 0.15) is 0 Å². The van der Waals surface area contributed by atoms with Crippen LogP contribution in [0.5, 0.6) is 0 Å². The van der Waals surface area contributed by atoms with Gasteiger partial charge in [0.05, 0.1) is 0 Å². The summed E-state index contributed by atoms with van der Waals surface area (Å²) in [6, 6.07) is 0.628. The van der Waals surface area contributed by atoms with E-state index >= 15 is 0 Å². The molecule has 96 valence electrons. The van der Waals surface area contributed by atoms with Gasteiger partial charge in [-0.05, 0) is 57.3 Å². The van der Waals surface area contributed by atoms with E-state index in [1.165, 1.54) is 45.3 Å². The van der Waals surface area contributed by atoms with Crippen LogP contribution in [0.1, 0.15) is 53.4 Å². The molecule has 16 heavy (non-hydrogen) atoms. The summed E-state index contributed by atoms with van der Waals surface area (Å²) < 4.78 is 0. The van der Waals surface area contributed by atoms with Crippen LogP contribution in [0.3, 0.4) is 0 Å². The van der Waals surface area contributed by atoms with Crippen LogP contribution >= 0.6 is 0 Å². The second-order valence-corrected chi connectivity index (χ2v) is 6.32. The van der Waals surface area contributed by atoms with Crippen LogP contribution in [-0.4, -0.2) is 37.1 Å². The lowest BCUT2D eigenvalue weighted by Crippen LogP contribution is -2.30. The Hall–Kier alpha value is -0.0800. The number of nitrogens with zero attached hydrogens (tertiary/aromatic N) is 1. The number of hydrogen-bond acceptors (Lipinski definition) is 2. The molecule has 2 heteroatoms. The van der Waals surface area contributed by atoms with Crippen molar-refractivity contribution in [3.63, 3.8) is 0 Å². The first-order valence-electron chi connectivity index (χ1n) is 6.95. The molecule has 0 amide bonds. The normalized spacial score (nSPS) is 22.3. The molecule has 1 N–H and O–H groups in total. The topological polar surface area (TPSA) is 15.3 Å². The van der Waals surface area contributed by atoms with Gasteiger partial charge in [0.2, 0.25) is 0 Å². The standard InChI is InChI=1S/C14H30N2/c1-13(2)15-9-6-11-16-10-5-7-14(3,4)8-12-16/h13,15H,5-12H2,1-4H3. The first-order chi connectivity index (χ1) is 7.49. The molecule has 1 heterocycles. The van der Waals surface area contributed by atoms with Crippen LogP contribution in [0, 0.1) is 5.41 Å². The van der Waals surface area contributed by atoms with Crippen LogP contribution in [0.25, 0.3) is 0 Å². The number of likely N-dealkylation sites (tertiary alicyclic amines) is 1. The Balaban J connectivity index is 2.13. The summed E-state index contributed by atoms with van der Waals surface area (Å²) in [5.74, 6) is 0. The average molecular weight is 226 g/mol. The van der Waals surface area contributed by atoms with Crippen molar-refractivity contribution in [2.24, 2.45) is 5.41 Å². The predicted molar refractivity (Wildman–Crippen MR) is 71.8 cm³/mol. The van der Waals surface area contributed by atoms with E-state index in [0.29, 0.717) is 11.5 Å². The molecular weight excluding hydrogens is 196 g/mol. The van der Waals surface area contributed by atoms with Gasteiger partial charge >= 0.3 is 0 Å². The second kappa shape index (κ2) is 6.61.